The summed E-state index contributed by atoms with van der Waals surface area (Å²) >= 11 is 0. The summed E-state index contributed by atoms with van der Waals surface area (Å²) in [5, 5.41) is 10.4. The molecule has 0 bridgehead atoms. The molecule has 0 aliphatic heterocycles. The van der Waals surface area contributed by atoms with Gasteiger partial charge in [-0.25, -0.2) is 17.2 Å². The Morgan fingerprint density at radius 2 is 1.70 bits per heavy atom. The largest absolute Gasteiger partial charge is 0.384 e. The molecule has 0 heterocycles. The van der Waals surface area contributed by atoms with Gasteiger partial charge in [0.2, 0.25) is 0 Å². The molecule has 1 atom stereocenters. The summed E-state index contributed by atoms with van der Waals surface area (Å²) in [5.74, 6) is -1.85. The fourth-order valence-electron chi connectivity index (χ4n) is 2.35. The molecule has 1 N–H and O–H groups in total. The van der Waals surface area contributed by atoms with Gasteiger partial charge in [0.25, 0.3) is 0 Å². The number of hydrogen-bond donors (Lipinski definition) is 1. The van der Waals surface area contributed by atoms with Crippen LogP contribution in [0.3, 0.4) is 0 Å². The average Bonchev–Trinajstić information content (AvgIpc) is 2.42. The zero-order valence-corrected chi connectivity index (χ0v) is 13.7. The average molecular weight is 340 g/mol. The van der Waals surface area contributed by atoms with Crippen molar-refractivity contribution in [3.63, 3.8) is 0 Å². The number of benzene rings is 2. The van der Waals surface area contributed by atoms with Crippen LogP contribution < -0.4 is 0 Å². The van der Waals surface area contributed by atoms with E-state index in [1.165, 1.54) is 31.2 Å². The van der Waals surface area contributed by atoms with Gasteiger partial charge < -0.3 is 5.11 Å². The van der Waals surface area contributed by atoms with Gasteiger partial charge in [-0.15, -0.1) is 0 Å². The zero-order chi connectivity index (χ0) is 17.3. The summed E-state index contributed by atoms with van der Waals surface area (Å²) < 4.78 is 51.0. The SMILES string of the molecule is Cc1ccc(CS(=O)(=O)CC(C)(O)c2ccc(F)cc2)cc1F. The van der Waals surface area contributed by atoms with Crippen LogP contribution in [0.4, 0.5) is 8.78 Å². The second kappa shape index (κ2) is 6.37. The first kappa shape index (κ1) is 17.6. The quantitative estimate of drug-likeness (QED) is 0.910. The molecule has 2 aromatic rings. The van der Waals surface area contributed by atoms with Crippen LogP contribution in [0, 0.1) is 18.6 Å². The Balaban J connectivity index is 2.19. The van der Waals surface area contributed by atoms with Gasteiger partial charge in [0.1, 0.15) is 17.2 Å². The second-order valence-electron chi connectivity index (χ2n) is 5.90. The van der Waals surface area contributed by atoms with Crippen LogP contribution in [-0.4, -0.2) is 19.3 Å². The third-order valence-electron chi connectivity index (χ3n) is 3.59. The Labute approximate surface area is 134 Å². The van der Waals surface area contributed by atoms with E-state index < -0.39 is 32.8 Å². The number of aryl methyl sites for hydroxylation is 1. The summed E-state index contributed by atoms with van der Waals surface area (Å²) in [5.41, 5.74) is -0.597. The molecule has 0 radical (unpaired) electrons. The van der Waals surface area contributed by atoms with Crippen LogP contribution in [0.25, 0.3) is 0 Å². The summed E-state index contributed by atoms with van der Waals surface area (Å²) in [6, 6.07) is 9.24. The fourth-order valence-corrected chi connectivity index (χ4v) is 4.16. The first-order valence-corrected chi connectivity index (χ1v) is 8.85. The minimum Gasteiger partial charge on any atom is -0.384 e. The predicted molar refractivity (Wildman–Crippen MR) is 84.6 cm³/mol. The molecule has 2 rings (SSSR count). The minimum atomic E-state index is -3.69. The fraction of sp³-hybridized carbons (Fsp3) is 0.294. The van der Waals surface area contributed by atoms with Crippen LogP contribution in [0.15, 0.2) is 42.5 Å². The molecule has 2 aromatic carbocycles. The number of hydrogen-bond acceptors (Lipinski definition) is 3. The summed E-state index contributed by atoms with van der Waals surface area (Å²) in [6.45, 7) is 2.94. The van der Waals surface area contributed by atoms with E-state index in [0.29, 0.717) is 16.7 Å². The van der Waals surface area contributed by atoms with E-state index in [2.05, 4.69) is 0 Å². The van der Waals surface area contributed by atoms with Crippen molar-refractivity contribution >= 4 is 9.84 Å². The van der Waals surface area contributed by atoms with Gasteiger partial charge in [0.15, 0.2) is 9.84 Å². The molecule has 23 heavy (non-hydrogen) atoms. The number of sulfone groups is 1. The van der Waals surface area contributed by atoms with Crippen LogP contribution in [-0.2, 0) is 21.2 Å². The smallest absolute Gasteiger partial charge is 0.157 e. The maximum Gasteiger partial charge on any atom is 0.157 e. The van der Waals surface area contributed by atoms with Gasteiger partial charge in [-0.05, 0) is 48.7 Å². The van der Waals surface area contributed by atoms with Crippen molar-refractivity contribution in [1.29, 1.82) is 0 Å². The van der Waals surface area contributed by atoms with Crippen molar-refractivity contribution in [3.05, 3.63) is 70.8 Å². The van der Waals surface area contributed by atoms with E-state index in [-0.39, 0.29) is 5.75 Å². The van der Waals surface area contributed by atoms with Crippen LogP contribution in [0.2, 0.25) is 0 Å². The van der Waals surface area contributed by atoms with Gasteiger partial charge in [0, 0.05) is 0 Å². The van der Waals surface area contributed by atoms with Crippen molar-refractivity contribution in [3.8, 4) is 0 Å². The molecule has 3 nitrogen and oxygen atoms in total. The summed E-state index contributed by atoms with van der Waals surface area (Å²) in [4.78, 5) is 0. The van der Waals surface area contributed by atoms with E-state index >= 15 is 0 Å². The molecule has 0 aliphatic rings. The van der Waals surface area contributed by atoms with E-state index in [1.54, 1.807) is 13.0 Å². The monoisotopic (exact) mass is 340 g/mol. The predicted octanol–water partition coefficient (Wildman–Crippen LogP) is 3.10. The van der Waals surface area contributed by atoms with Crippen LogP contribution >= 0.6 is 0 Å². The molecule has 0 saturated carbocycles. The van der Waals surface area contributed by atoms with E-state index in [0.717, 1.165) is 12.1 Å². The maximum absolute atomic E-state index is 13.5. The summed E-state index contributed by atoms with van der Waals surface area (Å²) in [7, 11) is -3.69. The standard InChI is InChI=1S/C17H18F2O3S/c1-12-3-4-13(9-16(12)19)10-23(21,22)11-17(2,20)14-5-7-15(18)8-6-14/h3-9,20H,10-11H2,1-2H3. The van der Waals surface area contributed by atoms with Gasteiger partial charge in [-0.1, -0.05) is 24.3 Å². The van der Waals surface area contributed by atoms with Crippen molar-refractivity contribution in [2.75, 3.05) is 5.75 Å². The van der Waals surface area contributed by atoms with E-state index in [4.69, 9.17) is 0 Å². The highest BCUT2D eigenvalue weighted by atomic mass is 32.2. The third kappa shape index (κ3) is 4.59. The first-order valence-electron chi connectivity index (χ1n) is 7.03. The number of halogens is 2. The molecular formula is C17H18F2O3S. The minimum absolute atomic E-state index is 0.303. The maximum atomic E-state index is 13.5. The Morgan fingerprint density at radius 1 is 1.09 bits per heavy atom. The lowest BCUT2D eigenvalue weighted by atomic mass is 9.98. The Morgan fingerprint density at radius 3 is 2.26 bits per heavy atom. The number of aliphatic hydroxyl groups is 1. The van der Waals surface area contributed by atoms with Gasteiger partial charge >= 0.3 is 0 Å². The number of rotatable bonds is 5. The van der Waals surface area contributed by atoms with Crippen LogP contribution in [0.5, 0.6) is 0 Å². The molecule has 124 valence electrons. The molecule has 6 heteroatoms. The molecule has 0 spiro atoms. The van der Waals surface area contributed by atoms with Crippen molar-refractivity contribution in [2.45, 2.75) is 25.2 Å². The van der Waals surface area contributed by atoms with Gasteiger partial charge in [-0.2, -0.15) is 0 Å². The molecule has 0 saturated heterocycles. The van der Waals surface area contributed by atoms with Crippen molar-refractivity contribution < 1.29 is 22.3 Å². The highest BCUT2D eigenvalue weighted by Gasteiger charge is 2.30. The molecule has 0 aliphatic carbocycles. The van der Waals surface area contributed by atoms with Gasteiger partial charge in [-0.3, -0.25) is 0 Å². The zero-order valence-electron chi connectivity index (χ0n) is 12.9. The van der Waals surface area contributed by atoms with Crippen LogP contribution in [0.1, 0.15) is 23.6 Å². The Hall–Kier alpha value is -1.79. The lowest BCUT2D eigenvalue weighted by Crippen LogP contribution is -2.32. The van der Waals surface area contributed by atoms with Gasteiger partial charge in [0.05, 0.1) is 11.5 Å². The Kier molecular flexibility index (Phi) is 4.87. The summed E-state index contributed by atoms with van der Waals surface area (Å²) in [6.07, 6.45) is 0. The molecule has 1 unspecified atom stereocenters. The molecule has 0 amide bonds. The lowest BCUT2D eigenvalue weighted by molar-refractivity contribution is 0.0818. The first-order chi connectivity index (χ1) is 10.6. The lowest BCUT2D eigenvalue weighted by Gasteiger charge is -2.23. The van der Waals surface area contributed by atoms with Crippen molar-refractivity contribution in [2.24, 2.45) is 0 Å². The molecule has 0 aromatic heterocycles. The highest BCUT2D eigenvalue weighted by Crippen LogP contribution is 2.24. The molecular weight excluding hydrogens is 322 g/mol. The topological polar surface area (TPSA) is 54.4 Å². The third-order valence-corrected chi connectivity index (χ3v) is 5.37. The Bertz CT molecular complexity index is 797. The second-order valence-corrected chi connectivity index (χ2v) is 7.96. The highest BCUT2D eigenvalue weighted by molar-refractivity contribution is 7.90. The molecule has 0 fully saturated rings. The van der Waals surface area contributed by atoms with E-state index in [1.807, 2.05) is 0 Å². The van der Waals surface area contributed by atoms with E-state index in [9.17, 15) is 22.3 Å². The van der Waals surface area contributed by atoms with Crippen molar-refractivity contribution in [1.82, 2.24) is 0 Å². The normalized spacial score (nSPS) is 14.5.